The van der Waals surface area contributed by atoms with E-state index in [9.17, 15) is 10.1 Å². The van der Waals surface area contributed by atoms with E-state index < -0.39 is 0 Å². The van der Waals surface area contributed by atoms with Crippen molar-refractivity contribution >= 4 is 11.6 Å². The third-order valence-corrected chi connectivity index (χ3v) is 5.79. The molecule has 5 heteroatoms. The van der Waals surface area contributed by atoms with Crippen LogP contribution >= 0.6 is 0 Å². The molecule has 2 aromatic carbocycles. The number of nitriles is 1. The summed E-state index contributed by atoms with van der Waals surface area (Å²) in [4.78, 5) is 12.5. The maximum absolute atomic E-state index is 12.5. The summed E-state index contributed by atoms with van der Waals surface area (Å²) in [6.45, 7) is 1.38. The molecule has 5 nitrogen and oxygen atoms in total. The predicted molar refractivity (Wildman–Crippen MR) is 110 cm³/mol. The molecule has 1 saturated heterocycles. The van der Waals surface area contributed by atoms with E-state index in [0.29, 0.717) is 16.6 Å². The number of hydrogen-bond acceptors (Lipinski definition) is 2. The number of rotatable bonds is 5. The van der Waals surface area contributed by atoms with Crippen LogP contribution in [0.2, 0.25) is 0 Å². The van der Waals surface area contributed by atoms with E-state index in [4.69, 9.17) is 5.73 Å². The smallest absolute Gasteiger partial charge is 0.276 e. The third kappa shape index (κ3) is 2.98. The molecule has 1 amide bonds. The number of carbonyl (C=O) groups excluding carboxylic acids is 1. The van der Waals surface area contributed by atoms with Crippen molar-refractivity contribution in [3.63, 3.8) is 0 Å². The number of amides is 1. The van der Waals surface area contributed by atoms with Crippen LogP contribution in [0.4, 0.5) is 5.69 Å². The average molecular weight is 371 g/mol. The molecule has 0 aliphatic carbocycles. The Labute approximate surface area is 164 Å². The number of quaternary nitrogens is 1. The zero-order valence-corrected chi connectivity index (χ0v) is 15.7. The highest BCUT2D eigenvalue weighted by molar-refractivity contribution is 5.84. The summed E-state index contributed by atoms with van der Waals surface area (Å²) in [5, 5.41) is 9.57. The molecule has 1 aliphatic heterocycles. The fraction of sp³-hybridized carbons (Fsp3) is 0.217. The van der Waals surface area contributed by atoms with Crippen LogP contribution in [0, 0.1) is 11.3 Å². The minimum absolute atomic E-state index is 0.283. The Hall–Kier alpha value is -3.36. The van der Waals surface area contributed by atoms with Gasteiger partial charge in [-0.2, -0.15) is 5.26 Å². The van der Waals surface area contributed by atoms with Gasteiger partial charge in [0.2, 0.25) is 0 Å². The van der Waals surface area contributed by atoms with Crippen molar-refractivity contribution in [2.24, 2.45) is 5.73 Å². The summed E-state index contributed by atoms with van der Waals surface area (Å²) in [6.07, 6.45) is 5.69. The van der Waals surface area contributed by atoms with Crippen molar-refractivity contribution in [3.8, 4) is 11.8 Å². The van der Waals surface area contributed by atoms with Crippen LogP contribution in [0.15, 0.2) is 73.1 Å². The largest absolute Gasteiger partial charge is 0.364 e. The molecule has 28 heavy (non-hydrogen) atoms. The molecule has 1 aromatic heterocycles. The van der Waals surface area contributed by atoms with Gasteiger partial charge in [0.15, 0.2) is 11.7 Å². The normalized spacial score (nSPS) is 21.3. The number of carbonyl (C=O) groups is 1. The Balaban J connectivity index is 1.91. The van der Waals surface area contributed by atoms with E-state index in [1.807, 2.05) is 60.9 Å². The van der Waals surface area contributed by atoms with Crippen LogP contribution < -0.4 is 10.2 Å². The number of para-hydroxylation sites is 2. The highest BCUT2D eigenvalue weighted by atomic mass is 16.1. The first kappa shape index (κ1) is 18.0. The van der Waals surface area contributed by atoms with Crippen LogP contribution in [-0.4, -0.2) is 23.1 Å². The van der Waals surface area contributed by atoms with Crippen LogP contribution in [-0.2, 0) is 11.3 Å². The number of nitrogens with zero attached hydrogens (tertiary/aromatic N) is 3. The fourth-order valence-electron chi connectivity index (χ4n) is 4.54. The number of likely N-dealkylation sites (tertiary alicyclic amines) is 1. The first-order valence-electron chi connectivity index (χ1n) is 9.53. The monoisotopic (exact) mass is 371 g/mol. The van der Waals surface area contributed by atoms with Crippen LogP contribution in [0.1, 0.15) is 24.0 Å². The predicted octanol–water partition coefficient (Wildman–Crippen LogP) is 3.50. The molecular weight excluding hydrogens is 348 g/mol. The lowest BCUT2D eigenvalue weighted by Crippen LogP contribution is -2.57. The SMILES string of the molecule is N#Cc1ccccc1C[N+]1(c2ccccc2-n2cccc2)CCC[C@H]1C(N)=O. The fourth-order valence-corrected chi connectivity index (χ4v) is 4.54. The van der Waals surface area contributed by atoms with Gasteiger partial charge in [0.25, 0.3) is 5.91 Å². The van der Waals surface area contributed by atoms with Gasteiger partial charge in [0, 0.05) is 36.9 Å². The van der Waals surface area contributed by atoms with E-state index in [1.54, 1.807) is 0 Å². The van der Waals surface area contributed by atoms with Gasteiger partial charge in [0.1, 0.15) is 12.2 Å². The number of nitrogens with two attached hydrogens (primary N) is 1. The van der Waals surface area contributed by atoms with Gasteiger partial charge >= 0.3 is 0 Å². The quantitative estimate of drug-likeness (QED) is 0.697. The van der Waals surface area contributed by atoms with Crippen LogP contribution in [0.3, 0.4) is 0 Å². The molecule has 0 bridgehead atoms. The lowest BCUT2D eigenvalue weighted by molar-refractivity contribution is -0.122. The van der Waals surface area contributed by atoms with E-state index >= 15 is 0 Å². The van der Waals surface area contributed by atoms with Gasteiger partial charge < -0.3 is 10.3 Å². The van der Waals surface area contributed by atoms with E-state index in [-0.39, 0.29) is 11.9 Å². The van der Waals surface area contributed by atoms with E-state index in [2.05, 4.69) is 22.8 Å². The molecule has 4 rings (SSSR count). The van der Waals surface area contributed by atoms with E-state index in [1.165, 1.54) is 0 Å². The second-order valence-corrected chi connectivity index (χ2v) is 7.32. The zero-order valence-electron chi connectivity index (χ0n) is 15.7. The van der Waals surface area contributed by atoms with Crippen LogP contribution in [0.25, 0.3) is 5.69 Å². The molecule has 1 aliphatic rings. The summed E-state index contributed by atoms with van der Waals surface area (Å²) in [7, 11) is 0. The summed E-state index contributed by atoms with van der Waals surface area (Å²) >= 11 is 0. The first-order valence-corrected chi connectivity index (χ1v) is 9.53. The van der Waals surface area contributed by atoms with Crippen LogP contribution in [0.5, 0.6) is 0 Å². The van der Waals surface area contributed by atoms with Crippen molar-refractivity contribution in [3.05, 3.63) is 84.2 Å². The Bertz CT molecular complexity index is 1030. The maximum atomic E-state index is 12.5. The summed E-state index contributed by atoms with van der Waals surface area (Å²) in [5.74, 6) is -0.283. The second kappa shape index (κ2) is 7.34. The highest BCUT2D eigenvalue weighted by Crippen LogP contribution is 2.40. The van der Waals surface area contributed by atoms with Crippen molar-refractivity contribution in [1.29, 1.82) is 5.26 Å². The highest BCUT2D eigenvalue weighted by Gasteiger charge is 2.48. The van der Waals surface area contributed by atoms with Gasteiger partial charge in [-0.05, 0) is 24.3 Å². The molecule has 0 saturated carbocycles. The van der Waals surface area contributed by atoms with Gasteiger partial charge in [-0.15, -0.1) is 0 Å². The van der Waals surface area contributed by atoms with Gasteiger partial charge in [-0.25, -0.2) is 0 Å². The number of benzene rings is 2. The molecule has 3 aromatic rings. The molecule has 1 unspecified atom stereocenters. The minimum Gasteiger partial charge on any atom is -0.364 e. The molecular formula is C23H23N4O+. The standard InChI is InChI=1S/C23H22N4O/c24-16-18-8-1-2-9-19(18)17-27(15-7-12-22(27)23(25)28)21-11-4-3-10-20(21)26-13-5-6-14-26/h1-6,8-11,13-14,22H,7,12,15,17H2,(H-,25,28)/p+1/t22-,27?/m0/s1. The van der Waals surface area contributed by atoms with Gasteiger partial charge in [-0.3, -0.25) is 9.28 Å². The molecule has 2 heterocycles. The number of aromatic nitrogens is 1. The summed E-state index contributed by atoms with van der Waals surface area (Å²) in [6, 6.07) is 21.8. The molecule has 0 spiro atoms. The Kier molecular flexibility index (Phi) is 4.72. The van der Waals surface area contributed by atoms with Gasteiger partial charge in [-0.1, -0.05) is 30.3 Å². The van der Waals surface area contributed by atoms with Crippen molar-refractivity contribution < 1.29 is 4.79 Å². The van der Waals surface area contributed by atoms with E-state index in [0.717, 1.165) is 36.3 Å². The van der Waals surface area contributed by atoms with Crippen molar-refractivity contribution in [2.75, 3.05) is 6.54 Å². The average Bonchev–Trinajstić information content (AvgIpc) is 3.39. The third-order valence-electron chi connectivity index (χ3n) is 5.79. The first-order chi connectivity index (χ1) is 13.7. The maximum Gasteiger partial charge on any atom is 0.276 e. The molecule has 2 atom stereocenters. The molecule has 2 N–H and O–H groups in total. The lowest BCUT2D eigenvalue weighted by Gasteiger charge is -2.39. The summed E-state index contributed by atoms with van der Waals surface area (Å²) in [5.41, 5.74) is 9.57. The van der Waals surface area contributed by atoms with Crippen molar-refractivity contribution in [1.82, 2.24) is 9.05 Å². The minimum atomic E-state index is -0.316. The zero-order chi connectivity index (χ0) is 19.6. The Morgan fingerprint density at radius 3 is 2.57 bits per heavy atom. The topological polar surface area (TPSA) is 71.8 Å². The second-order valence-electron chi connectivity index (χ2n) is 7.32. The Morgan fingerprint density at radius 2 is 1.82 bits per heavy atom. The van der Waals surface area contributed by atoms with Gasteiger partial charge in [0.05, 0.1) is 18.2 Å². The Morgan fingerprint density at radius 1 is 1.11 bits per heavy atom. The number of primary amides is 1. The molecule has 1 fully saturated rings. The van der Waals surface area contributed by atoms with Crippen molar-refractivity contribution in [2.45, 2.75) is 25.4 Å². The molecule has 0 radical (unpaired) electrons. The molecule has 140 valence electrons. The summed E-state index contributed by atoms with van der Waals surface area (Å²) < 4.78 is 2.52. The number of hydrogen-bond donors (Lipinski definition) is 1. The lowest BCUT2D eigenvalue weighted by atomic mass is 10.0.